The highest BCUT2D eigenvalue weighted by molar-refractivity contribution is 6.31. The molecule has 6 nitrogen and oxygen atoms in total. The Morgan fingerprint density at radius 3 is 2.55 bits per heavy atom. The van der Waals surface area contributed by atoms with Crippen molar-refractivity contribution in [2.24, 2.45) is 5.73 Å². The van der Waals surface area contributed by atoms with Crippen LogP contribution in [0.15, 0.2) is 18.2 Å². The topological polar surface area (TPSA) is 101 Å². The largest absolute Gasteiger partial charge is 0.397 e. The minimum absolute atomic E-state index is 0.0185. The van der Waals surface area contributed by atoms with Gasteiger partial charge in [0.1, 0.15) is 0 Å². The molecule has 0 radical (unpaired) electrons. The molecule has 5 N–H and O–H groups in total. The van der Waals surface area contributed by atoms with E-state index in [2.05, 4.69) is 5.32 Å². The Bertz CT molecular complexity index is 505. The van der Waals surface area contributed by atoms with Crippen LogP contribution in [-0.2, 0) is 9.59 Å². The first-order valence-electron chi connectivity index (χ1n) is 6.17. The third kappa shape index (κ3) is 5.07. The molecule has 2 amide bonds. The standard InChI is InChI=1S/C13H19ClN4O2/c1-8(2)18(6-12(16)19)7-13(20)17-11-5-9(14)3-4-10(11)15/h3-5,8H,6-7,15H2,1-2H3,(H2,16,19)(H,17,20). The number of amides is 2. The number of nitrogens with zero attached hydrogens (tertiary/aromatic N) is 1. The van der Waals surface area contributed by atoms with Gasteiger partial charge < -0.3 is 16.8 Å². The molecule has 0 bridgehead atoms. The fourth-order valence-electron chi connectivity index (χ4n) is 1.63. The predicted octanol–water partition coefficient (Wildman–Crippen LogP) is 1.06. The molecule has 1 rings (SSSR count). The van der Waals surface area contributed by atoms with Gasteiger partial charge in [0.15, 0.2) is 0 Å². The molecule has 0 heterocycles. The summed E-state index contributed by atoms with van der Waals surface area (Å²) in [5.41, 5.74) is 11.8. The van der Waals surface area contributed by atoms with Gasteiger partial charge in [-0.1, -0.05) is 11.6 Å². The van der Waals surface area contributed by atoms with Crippen LogP contribution in [0.4, 0.5) is 11.4 Å². The Kier molecular flexibility index (Phi) is 5.79. The maximum absolute atomic E-state index is 12.0. The first kappa shape index (κ1) is 16.3. The molecule has 0 saturated heterocycles. The number of anilines is 2. The van der Waals surface area contributed by atoms with E-state index in [0.717, 1.165) is 0 Å². The summed E-state index contributed by atoms with van der Waals surface area (Å²) >= 11 is 5.85. The van der Waals surface area contributed by atoms with E-state index < -0.39 is 5.91 Å². The zero-order valence-corrected chi connectivity index (χ0v) is 12.3. The quantitative estimate of drug-likeness (QED) is 0.683. The summed E-state index contributed by atoms with van der Waals surface area (Å²) in [6, 6.07) is 4.84. The smallest absolute Gasteiger partial charge is 0.238 e. The first-order valence-corrected chi connectivity index (χ1v) is 6.54. The molecular formula is C13H19ClN4O2. The molecule has 0 saturated carbocycles. The van der Waals surface area contributed by atoms with E-state index in [9.17, 15) is 9.59 Å². The van der Waals surface area contributed by atoms with Crippen molar-refractivity contribution < 1.29 is 9.59 Å². The average Bonchev–Trinajstić information content (AvgIpc) is 2.32. The van der Waals surface area contributed by atoms with E-state index in [4.69, 9.17) is 23.1 Å². The van der Waals surface area contributed by atoms with Crippen molar-refractivity contribution in [1.82, 2.24) is 4.90 Å². The monoisotopic (exact) mass is 298 g/mol. The number of halogens is 1. The van der Waals surface area contributed by atoms with Gasteiger partial charge in [0.25, 0.3) is 0 Å². The van der Waals surface area contributed by atoms with Crippen LogP contribution < -0.4 is 16.8 Å². The maximum Gasteiger partial charge on any atom is 0.238 e. The fraction of sp³-hybridized carbons (Fsp3) is 0.385. The molecule has 0 atom stereocenters. The molecule has 7 heteroatoms. The Morgan fingerprint density at radius 1 is 1.35 bits per heavy atom. The Hall–Kier alpha value is -1.79. The number of nitrogens with two attached hydrogens (primary N) is 2. The summed E-state index contributed by atoms with van der Waals surface area (Å²) in [4.78, 5) is 24.6. The molecule has 110 valence electrons. The van der Waals surface area contributed by atoms with Crippen molar-refractivity contribution >= 4 is 34.8 Å². The minimum Gasteiger partial charge on any atom is -0.397 e. The number of hydrogen-bond donors (Lipinski definition) is 3. The SMILES string of the molecule is CC(C)N(CC(N)=O)CC(=O)Nc1cc(Cl)ccc1N. The number of benzene rings is 1. The minimum atomic E-state index is -0.478. The van der Waals surface area contributed by atoms with Gasteiger partial charge in [-0.2, -0.15) is 0 Å². The second kappa shape index (κ2) is 7.12. The molecule has 1 aromatic rings. The molecule has 0 unspecified atom stereocenters. The lowest BCUT2D eigenvalue weighted by Crippen LogP contribution is -2.43. The van der Waals surface area contributed by atoms with Crippen LogP contribution in [-0.4, -0.2) is 35.8 Å². The average molecular weight is 299 g/mol. The number of rotatable bonds is 6. The van der Waals surface area contributed by atoms with Crippen LogP contribution in [0.3, 0.4) is 0 Å². The van der Waals surface area contributed by atoms with E-state index >= 15 is 0 Å². The molecule has 0 aliphatic heterocycles. The van der Waals surface area contributed by atoms with E-state index in [1.807, 2.05) is 13.8 Å². The summed E-state index contributed by atoms with van der Waals surface area (Å²) in [5.74, 6) is -0.761. The van der Waals surface area contributed by atoms with Crippen molar-refractivity contribution in [2.75, 3.05) is 24.1 Å². The summed E-state index contributed by atoms with van der Waals surface area (Å²) in [5, 5.41) is 3.15. The van der Waals surface area contributed by atoms with Crippen molar-refractivity contribution in [3.05, 3.63) is 23.2 Å². The zero-order valence-electron chi connectivity index (χ0n) is 11.5. The van der Waals surface area contributed by atoms with E-state index in [0.29, 0.717) is 16.4 Å². The van der Waals surface area contributed by atoms with Gasteiger partial charge in [0.05, 0.1) is 24.5 Å². The number of nitrogens with one attached hydrogen (secondary N) is 1. The first-order chi connectivity index (χ1) is 9.29. The lowest BCUT2D eigenvalue weighted by atomic mass is 10.2. The lowest BCUT2D eigenvalue weighted by Gasteiger charge is -2.24. The van der Waals surface area contributed by atoms with Crippen LogP contribution in [0.25, 0.3) is 0 Å². The van der Waals surface area contributed by atoms with E-state index in [1.165, 1.54) is 0 Å². The number of primary amides is 1. The Balaban J connectivity index is 2.70. The lowest BCUT2D eigenvalue weighted by molar-refractivity contribution is -0.121. The van der Waals surface area contributed by atoms with Gasteiger partial charge in [-0.25, -0.2) is 0 Å². The summed E-state index contributed by atoms with van der Waals surface area (Å²) in [7, 11) is 0. The molecule has 0 aromatic heterocycles. The maximum atomic E-state index is 12.0. The molecule has 0 aliphatic rings. The van der Waals surface area contributed by atoms with Gasteiger partial charge >= 0.3 is 0 Å². The van der Waals surface area contributed by atoms with Crippen molar-refractivity contribution in [3.63, 3.8) is 0 Å². The zero-order chi connectivity index (χ0) is 15.3. The summed E-state index contributed by atoms with van der Waals surface area (Å²) in [6.07, 6.45) is 0. The van der Waals surface area contributed by atoms with Crippen LogP contribution in [0, 0.1) is 0 Å². The third-order valence-electron chi connectivity index (χ3n) is 2.73. The summed E-state index contributed by atoms with van der Waals surface area (Å²) in [6.45, 7) is 3.83. The van der Waals surface area contributed by atoms with Crippen LogP contribution in [0.1, 0.15) is 13.8 Å². The highest BCUT2D eigenvalue weighted by Crippen LogP contribution is 2.22. The van der Waals surface area contributed by atoms with Crippen LogP contribution in [0.5, 0.6) is 0 Å². The molecule has 1 aromatic carbocycles. The number of hydrogen-bond acceptors (Lipinski definition) is 4. The second-order valence-corrected chi connectivity index (χ2v) is 5.18. The van der Waals surface area contributed by atoms with Gasteiger partial charge in [-0.05, 0) is 32.0 Å². The highest BCUT2D eigenvalue weighted by atomic mass is 35.5. The molecule has 0 spiro atoms. The molecule has 0 fully saturated rings. The Morgan fingerprint density at radius 2 is 2.00 bits per heavy atom. The number of carbonyl (C=O) groups excluding carboxylic acids is 2. The van der Waals surface area contributed by atoms with Gasteiger partial charge in [0, 0.05) is 11.1 Å². The highest BCUT2D eigenvalue weighted by Gasteiger charge is 2.16. The number of nitrogen functional groups attached to an aromatic ring is 1. The van der Waals surface area contributed by atoms with Crippen LogP contribution >= 0.6 is 11.6 Å². The fourth-order valence-corrected chi connectivity index (χ4v) is 1.80. The molecule has 0 aliphatic carbocycles. The predicted molar refractivity (Wildman–Crippen MR) is 80.4 cm³/mol. The van der Waals surface area contributed by atoms with Crippen LogP contribution in [0.2, 0.25) is 5.02 Å². The summed E-state index contributed by atoms with van der Waals surface area (Å²) < 4.78 is 0. The van der Waals surface area contributed by atoms with Crippen molar-refractivity contribution in [1.29, 1.82) is 0 Å². The van der Waals surface area contributed by atoms with E-state index in [1.54, 1.807) is 23.1 Å². The van der Waals surface area contributed by atoms with Gasteiger partial charge in [-0.3, -0.25) is 14.5 Å². The molecule has 20 heavy (non-hydrogen) atoms. The number of carbonyl (C=O) groups is 2. The van der Waals surface area contributed by atoms with Crippen molar-refractivity contribution in [3.8, 4) is 0 Å². The van der Waals surface area contributed by atoms with Gasteiger partial charge in [0.2, 0.25) is 11.8 Å². The normalized spacial score (nSPS) is 10.8. The Labute approximate surface area is 123 Å². The van der Waals surface area contributed by atoms with Crippen molar-refractivity contribution in [2.45, 2.75) is 19.9 Å². The third-order valence-corrected chi connectivity index (χ3v) is 2.96. The molecular weight excluding hydrogens is 280 g/mol. The van der Waals surface area contributed by atoms with E-state index in [-0.39, 0.29) is 25.0 Å². The van der Waals surface area contributed by atoms with Gasteiger partial charge in [-0.15, -0.1) is 0 Å². The second-order valence-electron chi connectivity index (χ2n) is 4.74.